The quantitative estimate of drug-likeness (QED) is 0.817. The molecular weight excluding hydrogens is 230 g/mol. The number of carbonyl (C=O) groups is 2. The lowest BCUT2D eigenvalue weighted by Crippen LogP contribution is -2.29. The molecule has 1 amide bonds. The molecule has 18 heavy (non-hydrogen) atoms. The summed E-state index contributed by atoms with van der Waals surface area (Å²) < 4.78 is 0. The Balaban J connectivity index is 1.64. The highest BCUT2D eigenvalue weighted by atomic mass is 16.4. The molecule has 2 fully saturated rings. The van der Waals surface area contributed by atoms with Crippen LogP contribution in [0.3, 0.4) is 0 Å². The van der Waals surface area contributed by atoms with Crippen LogP contribution >= 0.6 is 0 Å². The van der Waals surface area contributed by atoms with Gasteiger partial charge in [-0.1, -0.05) is 25.7 Å². The Kier molecular flexibility index (Phi) is 4.61. The van der Waals surface area contributed by atoms with Gasteiger partial charge in [-0.3, -0.25) is 9.59 Å². The van der Waals surface area contributed by atoms with Gasteiger partial charge in [-0.15, -0.1) is 0 Å². The second-order valence-corrected chi connectivity index (χ2v) is 5.71. The third-order valence-electron chi connectivity index (χ3n) is 4.37. The van der Waals surface area contributed by atoms with Crippen LogP contribution in [0.4, 0.5) is 0 Å². The normalized spacial score (nSPS) is 24.7. The molecular formula is C14H23NO3. The first-order valence-electron chi connectivity index (χ1n) is 7.17. The molecule has 1 unspecified atom stereocenters. The van der Waals surface area contributed by atoms with Crippen LogP contribution in [0.2, 0.25) is 0 Å². The second kappa shape index (κ2) is 6.21. The first-order chi connectivity index (χ1) is 8.66. The minimum absolute atomic E-state index is 0.150. The minimum atomic E-state index is -0.767. The van der Waals surface area contributed by atoms with Crippen molar-refractivity contribution in [1.82, 2.24) is 4.90 Å². The fraction of sp³-hybridized carbons (Fsp3) is 0.857. The zero-order valence-electron chi connectivity index (χ0n) is 10.9. The molecule has 0 aromatic heterocycles. The third-order valence-corrected chi connectivity index (χ3v) is 4.37. The summed E-state index contributed by atoms with van der Waals surface area (Å²) >= 11 is 0. The summed E-state index contributed by atoms with van der Waals surface area (Å²) in [6.07, 6.45) is 8.72. The van der Waals surface area contributed by atoms with Crippen LogP contribution in [-0.2, 0) is 9.59 Å². The van der Waals surface area contributed by atoms with Crippen LogP contribution in [0.25, 0.3) is 0 Å². The van der Waals surface area contributed by atoms with Gasteiger partial charge in [0.15, 0.2) is 0 Å². The fourth-order valence-electron chi connectivity index (χ4n) is 3.19. The molecule has 4 nitrogen and oxygen atoms in total. The van der Waals surface area contributed by atoms with Gasteiger partial charge in [-0.2, -0.15) is 0 Å². The number of carboxylic acids is 1. The lowest BCUT2D eigenvalue weighted by molar-refractivity contribution is -0.141. The van der Waals surface area contributed by atoms with Crippen molar-refractivity contribution in [1.29, 1.82) is 0 Å². The average molecular weight is 253 g/mol. The Morgan fingerprint density at radius 3 is 2.50 bits per heavy atom. The van der Waals surface area contributed by atoms with Crippen molar-refractivity contribution in [3.63, 3.8) is 0 Å². The molecule has 102 valence electrons. The Labute approximate surface area is 108 Å². The average Bonchev–Trinajstić information content (AvgIpc) is 2.99. The van der Waals surface area contributed by atoms with Crippen LogP contribution in [0.1, 0.15) is 51.4 Å². The summed E-state index contributed by atoms with van der Waals surface area (Å²) in [6, 6.07) is 0. The number of carboxylic acid groups (broad SMARTS) is 1. The molecule has 1 aliphatic carbocycles. The molecule has 0 spiro atoms. The third kappa shape index (κ3) is 3.47. The van der Waals surface area contributed by atoms with Crippen LogP contribution in [0, 0.1) is 11.8 Å². The minimum Gasteiger partial charge on any atom is -0.481 e. The van der Waals surface area contributed by atoms with E-state index in [9.17, 15) is 9.59 Å². The summed E-state index contributed by atoms with van der Waals surface area (Å²) in [5, 5.41) is 8.89. The zero-order chi connectivity index (χ0) is 13.0. The molecule has 2 rings (SSSR count). The van der Waals surface area contributed by atoms with E-state index in [1.807, 2.05) is 0 Å². The summed E-state index contributed by atoms with van der Waals surface area (Å²) in [7, 11) is 0. The first kappa shape index (κ1) is 13.4. The van der Waals surface area contributed by atoms with E-state index < -0.39 is 5.97 Å². The predicted molar refractivity (Wildman–Crippen MR) is 68.1 cm³/mol. The van der Waals surface area contributed by atoms with Gasteiger partial charge in [-0.05, 0) is 25.2 Å². The molecule has 0 radical (unpaired) electrons. The van der Waals surface area contributed by atoms with Crippen molar-refractivity contribution in [2.24, 2.45) is 11.8 Å². The highest BCUT2D eigenvalue weighted by molar-refractivity contribution is 5.78. The Bertz CT molecular complexity index is 310. The van der Waals surface area contributed by atoms with Gasteiger partial charge in [0.05, 0.1) is 5.92 Å². The van der Waals surface area contributed by atoms with E-state index in [1.165, 1.54) is 32.1 Å². The van der Waals surface area contributed by atoms with E-state index in [2.05, 4.69) is 0 Å². The van der Waals surface area contributed by atoms with Gasteiger partial charge < -0.3 is 10.0 Å². The predicted octanol–water partition coefficient (Wildman–Crippen LogP) is 2.28. The molecule has 0 aromatic carbocycles. The number of likely N-dealkylation sites (tertiary alicyclic amines) is 1. The van der Waals surface area contributed by atoms with Crippen molar-refractivity contribution in [2.45, 2.75) is 51.4 Å². The summed E-state index contributed by atoms with van der Waals surface area (Å²) in [6.45, 7) is 1.04. The first-order valence-corrected chi connectivity index (χ1v) is 7.17. The SMILES string of the molecule is O=C(O)C1CCN(C(=O)CCCC2CCCC2)C1. The number of rotatable bonds is 5. The molecule has 1 saturated heterocycles. The van der Waals surface area contributed by atoms with E-state index in [0.29, 0.717) is 25.9 Å². The standard InChI is InChI=1S/C14H23NO3/c16-13(7-3-6-11-4-1-2-5-11)15-9-8-12(10-15)14(17)18/h11-12H,1-10H2,(H,17,18). The molecule has 1 N–H and O–H groups in total. The van der Waals surface area contributed by atoms with Crippen LogP contribution in [0.5, 0.6) is 0 Å². The largest absolute Gasteiger partial charge is 0.481 e. The Hall–Kier alpha value is -1.06. The summed E-state index contributed by atoms with van der Waals surface area (Å²) in [5.41, 5.74) is 0. The molecule has 4 heteroatoms. The highest BCUT2D eigenvalue weighted by Crippen LogP contribution is 2.29. The van der Waals surface area contributed by atoms with Crippen LogP contribution < -0.4 is 0 Å². The Morgan fingerprint density at radius 2 is 1.89 bits per heavy atom. The monoisotopic (exact) mass is 253 g/mol. The zero-order valence-corrected chi connectivity index (χ0v) is 10.9. The van der Waals surface area contributed by atoms with Crippen molar-refractivity contribution >= 4 is 11.9 Å². The smallest absolute Gasteiger partial charge is 0.308 e. The summed E-state index contributed by atoms with van der Waals surface area (Å²) in [5.74, 6) is -0.125. The van der Waals surface area contributed by atoms with E-state index in [-0.39, 0.29) is 11.8 Å². The number of aliphatic carboxylic acids is 1. The lowest BCUT2D eigenvalue weighted by atomic mass is 10.0. The number of hydrogen-bond donors (Lipinski definition) is 1. The van der Waals surface area contributed by atoms with Crippen molar-refractivity contribution in [2.75, 3.05) is 13.1 Å². The second-order valence-electron chi connectivity index (χ2n) is 5.71. The maximum absolute atomic E-state index is 11.9. The van der Waals surface area contributed by atoms with Crippen LogP contribution in [-0.4, -0.2) is 35.0 Å². The topological polar surface area (TPSA) is 57.6 Å². The Morgan fingerprint density at radius 1 is 1.17 bits per heavy atom. The number of hydrogen-bond acceptors (Lipinski definition) is 2. The van der Waals surface area contributed by atoms with E-state index in [0.717, 1.165) is 12.3 Å². The lowest BCUT2D eigenvalue weighted by Gasteiger charge is -2.16. The van der Waals surface area contributed by atoms with E-state index >= 15 is 0 Å². The molecule has 0 aromatic rings. The van der Waals surface area contributed by atoms with Crippen LogP contribution in [0.15, 0.2) is 0 Å². The van der Waals surface area contributed by atoms with Gasteiger partial charge in [-0.25, -0.2) is 0 Å². The summed E-state index contributed by atoms with van der Waals surface area (Å²) in [4.78, 5) is 24.5. The molecule has 2 aliphatic rings. The van der Waals surface area contributed by atoms with Gasteiger partial charge in [0, 0.05) is 19.5 Å². The molecule has 1 atom stereocenters. The molecule has 1 aliphatic heterocycles. The number of nitrogens with zero attached hydrogens (tertiary/aromatic N) is 1. The van der Waals surface area contributed by atoms with Gasteiger partial charge in [0.1, 0.15) is 0 Å². The maximum atomic E-state index is 11.9. The van der Waals surface area contributed by atoms with Crippen molar-refractivity contribution in [3.8, 4) is 0 Å². The number of amides is 1. The molecule has 0 bridgehead atoms. The van der Waals surface area contributed by atoms with Gasteiger partial charge in [0.25, 0.3) is 0 Å². The highest BCUT2D eigenvalue weighted by Gasteiger charge is 2.30. The van der Waals surface area contributed by atoms with Gasteiger partial charge in [0.2, 0.25) is 5.91 Å². The van der Waals surface area contributed by atoms with E-state index in [1.54, 1.807) is 4.90 Å². The molecule has 1 heterocycles. The van der Waals surface area contributed by atoms with Crippen molar-refractivity contribution in [3.05, 3.63) is 0 Å². The van der Waals surface area contributed by atoms with Gasteiger partial charge >= 0.3 is 5.97 Å². The maximum Gasteiger partial charge on any atom is 0.308 e. The fourth-order valence-corrected chi connectivity index (χ4v) is 3.19. The van der Waals surface area contributed by atoms with E-state index in [4.69, 9.17) is 5.11 Å². The molecule has 1 saturated carbocycles. The van der Waals surface area contributed by atoms with Crippen molar-refractivity contribution < 1.29 is 14.7 Å². The number of carbonyl (C=O) groups excluding carboxylic acids is 1.